The van der Waals surface area contributed by atoms with Crippen molar-refractivity contribution in [3.05, 3.63) is 71.4 Å². The summed E-state index contributed by atoms with van der Waals surface area (Å²) in [7, 11) is -2.52. The number of urea groups is 1. The van der Waals surface area contributed by atoms with Crippen LogP contribution in [0.4, 0.5) is 10.5 Å². The average Bonchev–Trinajstić information content (AvgIpc) is 3.56. The number of furan rings is 1. The molecule has 4 N–H and O–H groups in total. The lowest BCUT2D eigenvalue weighted by Crippen LogP contribution is -2.52. The molecule has 4 heterocycles. The van der Waals surface area contributed by atoms with Crippen molar-refractivity contribution in [1.82, 2.24) is 20.3 Å². The summed E-state index contributed by atoms with van der Waals surface area (Å²) >= 11 is 0. The number of aliphatic hydroxyl groups excluding tert-OH is 1. The first-order chi connectivity index (χ1) is 17.6. The molecule has 0 radical (unpaired) electrons. The first kappa shape index (κ1) is 22.7. The molecule has 2 aromatic carbocycles. The van der Waals surface area contributed by atoms with Gasteiger partial charge in [-0.05, 0) is 42.0 Å². The Balaban J connectivity index is 1.38. The molecule has 6 rings (SSSR count). The second-order valence-electron chi connectivity index (χ2n) is 8.75. The largest absolute Gasteiger partial charge is 0.497 e. The average molecular weight is 525 g/mol. The van der Waals surface area contributed by atoms with Gasteiger partial charge in [0.05, 0.1) is 25.5 Å². The minimum absolute atomic E-state index is 0.0603. The Morgan fingerprint density at radius 2 is 1.95 bits per heavy atom. The van der Waals surface area contributed by atoms with Gasteiger partial charge in [0, 0.05) is 17.5 Å². The number of carbonyl (C=O) groups excluding carboxylic acids is 3. The van der Waals surface area contributed by atoms with Crippen molar-refractivity contribution < 1.29 is 37.1 Å². The predicted octanol–water partition coefficient (Wildman–Crippen LogP) is 1.14. The van der Waals surface area contributed by atoms with E-state index in [-0.39, 0.29) is 30.4 Å². The summed E-state index contributed by atoms with van der Waals surface area (Å²) in [6, 6.07) is 10.3. The van der Waals surface area contributed by atoms with Gasteiger partial charge >= 0.3 is 16.2 Å². The normalized spacial score (nSPS) is 22.1. The number of benzene rings is 2. The van der Waals surface area contributed by atoms with Crippen LogP contribution in [0.25, 0.3) is 11.0 Å². The van der Waals surface area contributed by atoms with E-state index >= 15 is 0 Å². The molecule has 1 fully saturated rings. The maximum absolute atomic E-state index is 13.2. The molecule has 37 heavy (non-hydrogen) atoms. The SMILES string of the molecule is COc1ccc2c(c1)C(=O)N(C[C@@]1(c3cc4cc(N5C=C(O)NS5(=O)=O)ccc4o3)NC(=O)NC1=O)C2. The summed E-state index contributed by atoms with van der Waals surface area (Å²) < 4.78 is 38.4. The zero-order chi connectivity index (χ0) is 26.1. The van der Waals surface area contributed by atoms with Gasteiger partial charge in [0.25, 0.3) is 11.8 Å². The number of fused-ring (bicyclic) bond motifs is 2. The third kappa shape index (κ3) is 3.44. The van der Waals surface area contributed by atoms with Gasteiger partial charge in [-0.2, -0.15) is 8.42 Å². The van der Waals surface area contributed by atoms with Crippen LogP contribution in [0.5, 0.6) is 5.75 Å². The standard InChI is InChI=1S/C23H19N5O8S/c1-35-15-4-2-12-9-27(20(30)16(12)8-15)11-23(21(31)24-22(32)25-23)18-7-13-6-14(3-5-17(13)36-18)28-10-19(29)26-37(28,33)34/h2-8,10,26,29H,9,11H2,1H3,(H2,24,25,31,32)/t23-/m0/s1. The van der Waals surface area contributed by atoms with E-state index in [1.165, 1.54) is 36.3 Å². The molecule has 1 saturated heterocycles. The number of amides is 4. The number of imide groups is 1. The predicted molar refractivity (Wildman–Crippen MR) is 128 cm³/mol. The van der Waals surface area contributed by atoms with Gasteiger partial charge in [0.1, 0.15) is 17.1 Å². The summed E-state index contributed by atoms with van der Waals surface area (Å²) in [5.41, 5.74) is -0.0331. The second kappa shape index (κ2) is 7.64. The fourth-order valence-electron chi connectivity index (χ4n) is 4.72. The van der Waals surface area contributed by atoms with Crippen LogP contribution in [0.3, 0.4) is 0 Å². The number of methoxy groups -OCH3 is 1. The molecule has 4 amide bonds. The lowest BCUT2D eigenvalue weighted by molar-refractivity contribution is -0.125. The first-order valence-corrected chi connectivity index (χ1v) is 12.4. The number of ether oxygens (including phenoxy) is 1. The third-order valence-electron chi connectivity index (χ3n) is 6.47. The number of nitrogens with zero attached hydrogens (tertiary/aromatic N) is 2. The van der Waals surface area contributed by atoms with Crippen LogP contribution in [-0.4, -0.2) is 49.9 Å². The summed E-state index contributed by atoms with van der Waals surface area (Å²) in [6.45, 7) is -0.00278. The summed E-state index contributed by atoms with van der Waals surface area (Å²) in [5, 5.41) is 14.8. The van der Waals surface area contributed by atoms with Gasteiger partial charge in [-0.15, -0.1) is 0 Å². The highest BCUT2D eigenvalue weighted by atomic mass is 32.2. The van der Waals surface area contributed by atoms with Crippen LogP contribution in [-0.2, 0) is 27.1 Å². The minimum atomic E-state index is -4.01. The van der Waals surface area contributed by atoms with Gasteiger partial charge in [0.15, 0.2) is 5.54 Å². The van der Waals surface area contributed by atoms with Crippen molar-refractivity contribution in [3.63, 3.8) is 0 Å². The number of anilines is 1. The number of nitrogens with one attached hydrogen (secondary N) is 3. The molecule has 0 bridgehead atoms. The molecule has 190 valence electrons. The van der Waals surface area contributed by atoms with E-state index in [1.807, 2.05) is 4.72 Å². The maximum atomic E-state index is 13.2. The van der Waals surface area contributed by atoms with Crippen molar-refractivity contribution in [2.45, 2.75) is 12.1 Å². The fraction of sp³-hybridized carbons (Fsp3) is 0.174. The fourth-order valence-corrected chi connectivity index (χ4v) is 5.76. The zero-order valence-corrected chi connectivity index (χ0v) is 20.0. The van der Waals surface area contributed by atoms with Crippen molar-refractivity contribution in [2.75, 3.05) is 18.0 Å². The third-order valence-corrected chi connectivity index (χ3v) is 7.77. The molecule has 1 aromatic heterocycles. The summed E-state index contributed by atoms with van der Waals surface area (Å²) in [4.78, 5) is 39.9. The van der Waals surface area contributed by atoms with E-state index in [1.54, 1.807) is 18.2 Å². The van der Waals surface area contributed by atoms with Crippen LogP contribution in [0, 0.1) is 0 Å². The highest BCUT2D eigenvalue weighted by molar-refractivity contribution is 7.91. The topological polar surface area (TPSA) is 171 Å². The van der Waals surface area contributed by atoms with Gasteiger partial charge < -0.3 is 24.5 Å². The Hall–Kier alpha value is -4.72. The molecule has 3 aliphatic rings. The van der Waals surface area contributed by atoms with Crippen molar-refractivity contribution in [2.24, 2.45) is 0 Å². The Morgan fingerprint density at radius 1 is 1.14 bits per heavy atom. The molecule has 0 unspecified atom stereocenters. The van der Waals surface area contributed by atoms with Crippen LogP contribution >= 0.6 is 0 Å². The number of aliphatic hydroxyl groups is 1. The van der Waals surface area contributed by atoms with Gasteiger partial charge in [-0.1, -0.05) is 6.07 Å². The maximum Gasteiger partial charge on any atom is 0.330 e. The molecular weight excluding hydrogens is 506 g/mol. The quantitative estimate of drug-likeness (QED) is 0.359. The lowest BCUT2D eigenvalue weighted by atomic mass is 9.95. The van der Waals surface area contributed by atoms with Crippen LogP contribution in [0.1, 0.15) is 21.7 Å². The smallest absolute Gasteiger partial charge is 0.330 e. The van der Waals surface area contributed by atoms with Gasteiger partial charge in [-0.3, -0.25) is 14.9 Å². The van der Waals surface area contributed by atoms with Crippen LogP contribution in [0.15, 0.2) is 59.0 Å². The van der Waals surface area contributed by atoms with Gasteiger partial charge in [-0.25, -0.2) is 13.8 Å². The van der Waals surface area contributed by atoms with Crippen LogP contribution in [0.2, 0.25) is 0 Å². The van der Waals surface area contributed by atoms with E-state index < -0.39 is 33.6 Å². The molecule has 1 atom stereocenters. The van der Waals surface area contributed by atoms with E-state index in [0.717, 1.165) is 16.1 Å². The van der Waals surface area contributed by atoms with Crippen molar-refractivity contribution in [1.29, 1.82) is 0 Å². The Kier molecular flexibility index (Phi) is 4.69. The van der Waals surface area contributed by atoms with Crippen LogP contribution < -0.4 is 24.4 Å². The van der Waals surface area contributed by atoms with E-state index in [0.29, 0.717) is 22.3 Å². The molecule has 0 saturated carbocycles. The molecular formula is C23H19N5O8S. The van der Waals surface area contributed by atoms with Crippen molar-refractivity contribution >= 4 is 44.7 Å². The van der Waals surface area contributed by atoms with Crippen molar-refractivity contribution in [3.8, 4) is 5.75 Å². The Morgan fingerprint density at radius 3 is 2.62 bits per heavy atom. The minimum Gasteiger partial charge on any atom is -0.497 e. The molecule has 0 aliphatic carbocycles. The molecule has 3 aromatic rings. The van der Waals surface area contributed by atoms with E-state index in [9.17, 15) is 27.9 Å². The summed E-state index contributed by atoms with van der Waals surface area (Å²) in [5.74, 6) is -0.991. The van der Waals surface area contributed by atoms with Gasteiger partial charge in [0.2, 0.25) is 5.88 Å². The number of carbonyl (C=O) groups is 3. The first-order valence-electron chi connectivity index (χ1n) is 11.0. The molecule has 0 spiro atoms. The second-order valence-corrected chi connectivity index (χ2v) is 10.3. The highest BCUT2D eigenvalue weighted by Gasteiger charge is 2.53. The molecule has 13 nitrogen and oxygen atoms in total. The van der Waals surface area contributed by atoms with E-state index in [2.05, 4.69) is 10.6 Å². The zero-order valence-electron chi connectivity index (χ0n) is 19.1. The monoisotopic (exact) mass is 525 g/mol. The summed E-state index contributed by atoms with van der Waals surface area (Å²) in [6.07, 6.45) is 1.01. The van der Waals surface area contributed by atoms with E-state index in [4.69, 9.17) is 9.15 Å². The molecule has 3 aliphatic heterocycles. The Bertz CT molecular complexity index is 1660. The number of hydrogen-bond acceptors (Lipinski definition) is 8. The Labute approximate surface area is 209 Å². The molecule has 14 heteroatoms. The lowest BCUT2D eigenvalue weighted by Gasteiger charge is -2.29. The highest BCUT2D eigenvalue weighted by Crippen LogP contribution is 2.36. The number of rotatable bonds is 5. The number of hydrogen-bond donors (Lipinski definition) is 4.